The van der Waals surface area contributed by atoms with Crippen molar-refractivity contribution in [3.05, 3.63) is 64.2 Å². The van der Waals surface area contributed by atoms with Gasteiger partial charge < -0.3 is 11.1 Å². The van der Waals surface area contributed by atoms with Crippen LogP contribution in [0.2, 0.25) is 5.02 Å². The third-order valence-corrected chi connectivity index (χ3v) is 4.40. The van der Waals surface area contributed by atoms with E-state index in [1.54, 1.807) is 0 Å². The van der Waals surface area contributed by atoms with Gasteiger partial charge in [-0.05, 0) is 67.1 Å². The zero-order valence-electron chi connectivity index (χ0n) is 12.3. The van der Waals surface area contributed by atoms with Crippen LogP contribution in [0.25, 0.3) is 0 Å². The maximum absolute atomic E-state index is 6.05. The molecule has 3 N–H and O–H groups in total. The SMILES string of the molecule is CC(Cc1cccc(Cl)c1)NC1CCc2cc(N)ccc21. The quantitative estimate of drug-likeness (QED) is 0.833. The molecule has 1 aliphatic rings. The maximum atomic E-state index is 6.05. The molecule has 0 spiro atoms. The lowest BCUT2D eigenvalue weighted by Crippen LogP contribution is -2.31. The highest BCUT2D eigenvalue weighted by atomic mass is 35.5. The highest BCUT2D eigenvalue weighted by Gasteiger charge is 2.23. The zero-order valence-corrected chi connectivity index (χ0v) is 13.0. The van der Waals surface area contributed by atoms with Gasteiger partial charge in [-0.15, -0.1) is 0 Å². The van der Waals surface area contributed by atoms with Crippen LogP contribution in [-0.2, 0) is 12.8 Å². The molecular weight excluding hydrogens is 280 g/mol. The first-order valence-electron chi connectivity index (χ1n) is 7.50. The molecule has 2 atom stereocenters. The number of halogens is 1. The number of rotatable bonds is 4. The van der Waals surface area contributed by atoms with Crippen LogP contribution in [0.5, 0.6) is 0 Å². The number of hydrogen-bond donors (Lipinski definition) is 2. The predicted molar refractivity (Wildman–Crippen MR) is 89.7 cm³/mol. The molecule has 2 nitrogen and oxygen atoms in total. The van der Waals surface area contributed by atoms with Gasteiger partial charge in [0.2, 0.25) is 0 Å². The van der Waals surface area contributed by atoms with Crippen LogP contribution in [0.3, 0.4) is 0 Å². The molecule has 0 bridgehead atoms. The van der Waals surface area contributed by atoms with Crippen molar-refractivity contribution in [3.63, 3.8) is 0 Å². The fraction of sp³-hybridized carbons (Fsp3) is 0.333. The van der Waals surface area contributed by atoms with Crippen molar-refractivity contribution in [2.75, 3.05) is 5.73 Å². The van der Waals surface area contributed by atoms with Crippen LogP contribution in [-0.4, -0.2) is 6.04 Å². The number of fused-ring (bicyclic) bond motifs is 1. The highest BCUT2D eigenvalue weighted by molar-refractivity contribution is 6.30. The van der Waals surface area contributed by atoms with E-state index in [9.17, 15) is 0 Å². The topological polar surface area (TPSA) is 38.0 Å². The second-order valence-corrected chi connectivity index (χ2v) is 6.39. The molecule has 21 heavy (non-hydrogen) atoms. The lowest BCUT2D eigenvalue weighted by molar-refractivity contribution is 0.451. The van der Waals surface area contributed by atoms with Crippen molar-refractivity contribution in [2.45, 2.75) is 38.3 Å². The van der Waals surface area contributed by atoms with E-state index < -0.39 is 0 Å². The molecule has 0 fully saturated rings. The molecular formula is C18H21ClN2. The molecule has 0 amide bonds. The average Bonchev–Trinajstić information content (AvgIpc) is 2.81. The van der Waals surface area contributed by atoms with Crippen molar-refractivity contribution in [2.24, 2.45) is 0 Å². The summed E-state index contributed by atoms with van der Waals surface area (Å²) >= 11 is 6.05. The first-order valence-corrected chi connectivity index (χ1v) is 7.88. The highest BCUT2D eigenvalue weighted by Crippen LogP contribution is 2.32. The van der Waals surface area contributed by atoms with Crippen molar-refractivity contribution in [1.29, 1.82) is 0 Å². The Kier molecular flexibility index (Phi) is 4.18. The Morgan fingerprint density at radius 2 is 2.14 bits per heavy atom. The van der Waals surface area contributed by atoms with E-state index in [4.69, 9.17) is 17.3 Å². The molecule has 110 valence electrons. The summed E-state index contributed by atoms with van der Waals surface area (Å²) in [5.41, 5.74) is 10.8. The number of benzene rings is 2. The molecule has 0 aromatic heterocycles. The molecule has 0 aliphatic heterocycles. The van der Waals surface area contributed by atoms with Crippen molar-refractivity contribution in [1.82, 2.24) is 5.32 Å². The van der Waals surface area contributed by atoms with Gasteiger partial charge in [0.25, 0.3) is 0 Å². The summed E-state index contributed by atoms with van der Waals surface area (Å²) in [6.45, 7) is 2.23. The standard InChI is InChI=1S/C18H21ClN2/c1-12(9-13-3-2-4-15(19)10-13)21-18-8-5-14-11-16(20)6-7-17(14)18/h2-4,6-7,10-12,18,21H,5,8-9,20H2,1H3. The minimum absolute atomic E-state index is 0.414. The second kappa shape index (κ2) is 6.08. The number of nitrogen functional groups attached to an aromatic ring is 1. The minimum atomic E-state index is 0.414. The summed E-state index contributed by atoms with van der Waals surface area (Å²) in [6.07, 6.45) is 3.25. The predicted octanol–water partition coefficient (Wildman–Crippen LogP) is 4.13. The van der Waals surface area contributed by atoms with Crippen molar-refractivity contribution < 1.29 is 0 Å². The molecule has 0 saturated heterocycles. The summed E-state index contributed by atoms with van der Waals surface area (Å²) < 4.78 is 0. The van der Waals surface area contributed by atoms with Gasteiger partial charge in [-0.2, -0.15) is 0 Å². The Bertz CT molecular complexity index is 639. The molecule has 0 saturated carbocycles. The fourth-order valence-electron chi connectivity index (χ4n) is 3.23. The summed E-state index contributed by atoms with van der Waals surface area (Å²) in [5.74, 6) is 0. The lowest BCUT2D eigenvalue weighted by atomic mass is 10.0. The van der Waals surface area contributed by atoms with Gasteiger partial charge >= 0.3 is 0 Å². The number of nitrogens with one attached hydrogen (secondary N) is 1. The van der Waals surface area contributed by atoms with Gasteiger partial charge in [-0.3, -0.25) is 0 Å². The van der Waals surface area contributed by atoms with Crippen LogP contribution >= 0.6 is 11.6 Å². The molecule has 3 heteroatoms. The van der Waals surface area contributed by atoms with E-state index in [0.29, 0.717) is 12.1 Å². The number of nitrogens with two attached hydrogens (primary N) is 1. The summed E-state index contributed by atoms with van der Waals surface area (Å²) in [5, 5.41) is 4.55. The Morgan fingerprint density at radius 3 is 2.95 bits per heavy atom. The van der Waals surface area contributed by atoms with Gasteiger partial charge in [0.15, 0.2) is 0 Å². The zero-order chi connectivity index (χ0) is 14.8. The van der Waals surface area contributed by atoms with Crippen LogP contribution in [0.15, 0.2) is 42.5 Å². The lowest BCUT2D eigenvalue weighted by Gasteiger charge is -2.20. The van der Waals surface area contributed by atoms with E-state index in [2.05, 4.69) is 30.4 Å². The Hall–Kier alpha value is -1.51. The third-order valence-electron chi connectivity index (χ3n) is 4.16. The van der Waals surface area contributed by atoms with Gasteiger partial charge in [0.1, 0.15) is 0 Å². The molecule has 2 aromatic carbocycles. The van der Waals surface area contributed by atoms with Gasteiger partial charge in [0.05, 0.1) is 0 Å². The monoisotopic (exact) mass is 300 g/mol. The summed E-state index contributed by atoms with van der Waals surface area (Å²) in [7, 11) is 0. The van der Waals surface area contributed by atoms with Crippen LogP contribution in [0.1, 0.15) is 36.1 Å². The average molecular weight is 301 g/mol. The van der Waals surface area contributed by atoms with Gasteiger partial charge in [-0.25, -0.2) is 0 Å². The fourth-order valence-corrected chi connectivity index (χ4v) is 3.44. The molecule has 1 aliphatic carbocycles. The van der Waals surface area contributed by atoms with E-state index in [-0.39, 0.29) is 0 Å². The Labute approximate surface area is 131 Å². The van der Waals surface area contributed by atoms with E-state index in [1.807, 2.05) is 24.3 Å². The van der Waals surface area contributed by atoms with E-state index in [1.165, 1.54) is 16.7 Å². The van der Waals surface area contributed by atoms with Crippen LogP contribution in [0, 0.1) is 0 Å². The first-order chi connectivity index (χ1) is 10.1. The Morgan fingerprint density at radius 1 is 1.29 bits per heavy atom. The second-order valence-electron chi connectivity index (χ2n) is 5.95. The van der Waals surface area contributed by atoms with Crippen LogP contribution < -0.4 is 11.1 Å². The molecule has 2 aromatic rings. The third kappa shape index (κ3) is 3.39. The smallest absolute Gasteiger partial charge is 0.0408 e. The molecule has 0 heterocycles. The van der Waals surface area contributed by atoms with Crippen LogP contribution in [0.4, 0.5) is 5.69 Å². The maximum Gasteiger partial charge on any atom is 0.0408 e. The Balaban J connectivity index is 1.65. The number of aryl methyl sites for hydroxylation is 1. The molecule has 0 radical (unpaired) electrons. The summed E-state index contributed by atoms with van der Waals surface area (Å²) in [6, 6.07) is 15.2. The largest absolute Gasteiger partial charge is 0.399 e. The number of hydrogen-bond acceptors (Lipinski definition) is 2. The summed E-state index contributed by atoms with van der Waals surface area (Å²) in [4.78, 5) is 0. The first kappa shape index (κ1) is 14.4. The normalized spacial score (nSPS) is 18.5. The molecule has 2 unspecified atom stereocenters. The minimum Gasteiger partial charge on any atom is -0.399 e. The number of anilines is 1. The van der Waals surface area contributed by atoms with Crippen molar-refractivity contribution in [3.8, 4) is 0 Å². The molecule has 3 rings (SSSR count). The van der Waals surface area contributed by atoms with E-state index in [0.717, 1.165) is 30.0 Å². The van der Waals surface area contributed by atoms with Gasteiger partial charge in [-0.1, -0.05) is 29.8 Å². The van der Waals surface area contributed by atoms with Gasteiger partial charge in [0, 0.05) is 22.8 Å². The van der Waals surface area contributed by atoms with E-state index >= 15 is 0 Å². The van der Waals surface area contributed by atoms with Crippen molar-refractivity contribution >= 4 is 17.3 Å².